The summed E-state index contributed by atoms with van der Waals surface area (Å²) in [7, 11) is 0. The van der Waals surface area contributed by atoms with Gasteiger partial charge in [0.25, 0.3) is 0 Å². The molecule has 0 fully saturated rings. The first kappa shape index (κ1) is 12.4. The van der Waals surface area contributed by atoms with Gasteiger partial charge in [-0.15, -0.1) is 0 Å². The van der Waals surface area contributed by atoms with Crippen molar-refractivity contribution in [3.8, 4) is 0 Å². The summed E-state index contributed by atoms with van der Waals surface area (Å²) in [5.41, 5.74) is 3.66. The van der Waals surface area contributed by atoms with Gasteiger partial charge >= 0.3 is 5.97 Å². The first-order valence-corrected chi connectivity index (χ1v) is 6.50. The zero-order valence-corrected chi connectivity index (χ0v) is 11.2. The fourth-order valence-corrected chi connectivity index (χ4v) is 2.08. The van der Waals surface area contributed by atoms with Gasteiger partial charge in [-0.05, 0) is 24.6 Å². The summed E-state index contributed by atoms with van der Waals surface area (Å²) in [6.07, 6.45) is 3.63. The minimum atomic E-state index is -0.301. The predicted molar refractivity (Wildman–Crippen MR) is 79.7 cm³/mol. The van der Waals surface area contributed by atoms with E-state index in [4.69, 9.17) is 4.74 Å². The molecule has 20 heavy (non-hydrogen) atoms. The fraction of sp³-hybridized carbons (Fsp3) is 0.0556. The molecule has 2 aromatic carbocycles. The van der Waals surface area contributed by atoms with Gasteiger partial charge in [0.15, 0.2) is 0 Å². The van der Waals surface area contributed by atoms with Crippen LogP contribution in [0.5, 0.6) is 0 Å². The third-order valence-electron chi connectivity index (χ3n) is 3.18. The van der Waals surface area contributed by atoms with E-state index in [1.807, 2.05) is 67.6 Å². The lowest BCUT2D eigenvalue weighted by atomic mass is 10.1. The monoisotopic (exact) mass is 262 g/mol. The summed E-state index contributed by atoms with van der Waals surface area (Å²) in [5, 5.41) is 0. The Hall–Kier alpha value is -2.61. The average Bonchev–Trinajstić information content (AvgIpc) is 2.82. The first-order valence-electron chi connectivity index (χ1n) is 6.50. The summed E-state index contributed by atoms with van der Waals surface area (Å²) in [5.74, 6) is 0.307. The van der Waals surface area contributed by atoms with E-state index in [9.17, 15) is 4.79 Å². The summed E-state index contributed by atoms with van der Waals surface area (Å²) >= 11 is 0. The van der Waals surface area contributed by atoms with Crippen LogP contribution in [0.4, 0.5) is 0 Å². The second kappa shape index (κ2) is 5.17. The van der Waals surface area contributed by atoms with Crippen LogP contribution in [0, 0.1) is 6.92 Å². The zero-order chi connectivity index (χ0) is 13.9. The van der Waals surface area contributed by atoms with Crippen molar-refractivity contribution in [2.75, 3.05) is 0 Å². The molecule has 0 unspecified atom stereocenters. The quantitative estimate of drug-likeness (QED) is 0.604. The Morgan fingerprint density at radius 3 is 2.35 bits per heavy atom. The van der Waals surface area contributed by atoms with Crippen LogP contribution in [-0.2, 0) is 9.53 Å². The molecule has 2 aromatic rings. The van der Waals surface area contributed by atoms with Crippen molar-refractivity contribution < 1.29 is 9.53 Å². The van der Waals surface area contributed by atoms with E-state index in [1.54, 1.807) is 6.08 Å². The maximum absolute atomic E-state index is 11.9. The molecule has 0 bridgehead atoms. The molecule has 0 atom stereocenters. The molecule has 1 aliphatic heterocycles. The molecule has 2 heteroatoms. The molecule has 0 aromatic heterocycles. The van der Waals surface area contributed by atoms with Crippen LogP contribution in [0.25, 0.3) is 11.8 Å². The summed E-state index contributed by atoms with van der Waals surface area (Å²) in [6, 6.07) is 17.7. The van der Waals surface area contributed by atoms with E-state index in [1.165, 1.54) is 5.56 Å². The highest BCUT2D eigenvalue weighted by molar-refractivity contribution is 6.05. The van der Waals surface area contributed by atoms with Crippen molar-refractivity contribution in [3.05, 3.63) is 82.9 Å². The molecule has 0 spiro atoms. The standard InChI is InChI=1S/C18H14O2/c1-13-7-9-15(10-8-13)17-12-16(18(19)20-17)11-14-5-3-2-4-6-14/h2-12H,1H3/b16-11-. The lowest BCUT2D eigenvalue weighted by Gasteiger charge is -2.01. The van der Waals surface area contributed by atoms with Crippen molar-refractivity contribution >= 4 is 17.8 Å². The smallest absolute Gasteiger partial charge is 0.343 e. The highest BCUT2D eigenvalue weighted by Gasteiger charge is 2.21. The minimum Gasteiger partial charge on any atom is -0.422 e. The lowest BCUT2D eigenvalue weighted by Crippen LogP contribution is -1.97. The zero-order valence-electron chi connectivity index (χ0n) is 11.2. The number of carbonyl (C=O) groups excluding carboxylic acids is 1. The third-order valence-corrected chi connectivity index (χ3v) is 3.18. The number of aryl methyl sites for hydroxylation is 1. The van der Waals surface area contributed by atoms with Gasteiger partial charge in [-0.3, -0.25) is 0 Å². The Balaban J connectivity index is 1.93. The predicted octanol–water partition coefficient (Wildman–Crippen LogP) is 3.98. The summed E-state index contributed by atoms with van der Waals surface area (Å²) in [4.78, 5) is 11.9. The molecule has 2 nitrogen and oxygen atoms in total. The second-order valence-corrected chi connectivity index (χ2v) is 4.77. The second-order valence-electron chi connectivity index (χ2n) is 4.77. The van der Waals surface area contributed by atoms with Crippen molar-refractivity contribution in [2.24, 2.45) is 0 Å². The van der Waals surface area contributed by atoms with Gasteiger partial charge in [0, 0.05) is 5.56 Å². The molecule has 1 aliphatic rings. The highest BCUT2D eigenvalue weighted by Crippen LogP contribution is 2.27. The van der Waals surface area contributed by atoms with Gasteiger partial charge in [0.05, 0.1) is 5.57 Å². The summed E-state index contributed by atoms with van der Waals surface area (Å²) < 4.78 is 5.33. The number of rotatable bonds is 2. The molecule has 0 amide bonds. The highest BCUT2D eigenvalue weighted by atomic mass is 16.5. The fourth-order valence-electron chi connectivity index (χ4n) is 2.08. The SMILES string of the molecule is Cc1ccc(C2=C/C(=C/c3ccccc3)C(=O)O2)cc1. The number of hydrogen-bond acceptors (Lipinski definition) is 2. The van der Waals surface area contributed by atoms with Crippen LogP contribution in [0.2, 0.25) is 0 Å². The van der Waals surface area contributed by atoms with Crippen LogP contribution in [0.15, 0.2) is 66.2 Å². The van der Waals surface area contributed by atoms with Crippen molar-refractivity contribution in [1.82, 2.24) is 0 Å². The summed E-state index contributed by atoms with van der Waals surface area (Å²) in [6.45, 7) is 2.03. The molecular formula is C18H14O2. The van der Waals surface area contributed by atoms with Gasteiger partial charge in [-0.25, -0.2) is 4.79 Å². The molecular weight excluding hydrogens is 248 g/mol. The van der Waals surface area contributed by atoms with Gasteiger partial charge in [0.1, 0.15) is 5.76 Å². The number of esters is 1. The molecule has 0 aliphatic carbocycles. The number of carbonyl (C=O) groups is 1. The maximum Gasteiger partial charge on any atom is 0.343 e. The van der Waals surface area contributed by atoms with Gasteiger partial charge in [0.2, 0.25) is 0 Å². The molecule has 0 N–H and O–H groups in total. The number of cyclic esters (lactones) is 1. The molecule has 1 heterocycles. The van der Waals surface area contributed by atoms with Crippen molar-refractivity contribution in [1.29, 1.82) is 0 Å². The average molecular weight is 262 g/mol. The molecule has 0 radical (unpaired) electrons. The minimum absolute atomic E-state index is 0.301. The lowest BCUT2D eigenvalue weighted by molar-refractivity contribution is -0.130. The van der Waals surface area contributed by atoms with Crippen LogP contribution in [-0.4, -0.2) is 5.97 Å². The first-order chi connectivity index (χ1) is 9.72. The molecule has 0 saturated carbocycles. The molecule has 3 rings (SSSR count). The number of ether oxygens (including phenoxy) is 1. The maximum atomic E-state index is 11.9. The molecule has 98 valence electrons. The normalized spacial score (nSPS) is 16.1. The van der Waals surface area contributed by atoms with Crippen molar-refractivity contribution in [3.63, 3.8) is 0 Å². The van der Waals surface area contributed by atoms with Crippen LogP contribution < -0.4 is 0 Å². The van der Waals surface area contributed by atoms with E-state index in [0.29, 0.717) is 11.3 Å². The molecule has 0 saturated heterocycles. The van der Waals surface area contributed by atoms with E-state index in [-0.39, 0.29) is 5.97 Å². The number of hydrogen-bond donors (Lipinski definition) is 0. The van der Waals surface area contributed by atoms with E-state index < -0.39 is 0 Å². The van der Waals surface area contributed by atoms with Gasteiger partial charge in [-0.1, -0.05) is 60.2 Å². The Morgan fingerprint density at radius 2 is 1.65 bits per heavy atom. The van der Waals surface area contributed by atoms with Crippen LogP contribution >= 0.6 is 0 Å². The largest absolute Gasteiger partial charge is 0.422 e. The van der Waals surface area contributed by atoms with E-state index in [0.717, 1.165) is 11.1 Å². The topological polar surface area (TPSA) is 26.3 Å². The van der Waals surface area contributed by atoms with Crippen LogP contribution in [0.3, 0.4) is 0 Å². The third kappa shape index (κ3) is 2.54. The van der Waals surface area contributed by atoms with E-state index in [2.05, 4.69) is 0 Å². The van der Waals surface area contributed by atoms with Crippen molar-refractivity contribution in [2.45, 2.75) is 6.92 Å². The van der Waals surface area contributed by atoms with E-state index >= 15 is 0 Å². The van der Waals surface area contributed by atoms with Gasteiger partial charge < -0.3 is 4.74 Å². The number of benzene rings is 2. The Bertz CT molecular complexity index is 692. The Morgan fingerprint density at radius 1 is 0.950 bits per heavy atom. The van der Waals surface area contributed by atoms with Crippen LogP contribution in [0.1, 0.15) is 16.7 Å². The van der Waals surface area contributed by atoms with Gasteiger partial charge in [-0.2, -0.15) is 0 Å². The Labute approximate surface area is 118 Å². The Kier molecular flexibility index (Phi) is 3.21.